The lowest BCUT2D eigenvalue weighted by molar-refractivity contribution is -0.171. The Morgan fingerprint density at radius 2 is 1.25 bits per heavy atom. The fraction of sp³-hybridized carbons (Fsp3) is 0.400. The van der Waals surface area contributed by atoms with E-state index in [1.807, 2.05) is 0 Å². The molecule has 0 heterocycles. The van der Waals surface area contributed by atoms with Crippen molar-refractivity contribution < 1.29 is 30.7 Å². The average molecular weight is 194 g/mol. The van der Waals surface area contributed by atoms with Crippen LogP contribution in [-0.2, 0) is 0 Å². The van der Waals surface area contributed by atoms with Crippen molar-refractivity contribution in [3.63, 3.8) is 0 Å². The van der Waals surface area contributed by atoms with Gasteiger partial charge in [-0.15, -0.1) is 0 Å². The number of hydrogen-bond donors (Lipinski definition) is 0. The van der Waals surface area contributed by atoms with E-state index in [9.17, 15) is 30.7 Å². The summed E-state index contributed by atoms with van der Waals surface area (Å²) in [5, 5.41) is 0. The zero-order valence-corrected chi connectivity index (χ0v) is 5.22. The van der Waals surface area contributed by atoms with E-state index in [-0.39, 0.29) is 0 Å². The van der Waals surface area contributed by atoms with Crippen LogP contribution in [0.1, 0.15) is 0 Å². The Kier molecular flexibility index (Phi) is 2.93. The molecule has 12 heavy (non-hydrogen) atoms. The lowest BCUT2D eigenvalue weighted by Crippen LogP contribution is -2.25. The van der Waals surface area contributed by atoms with Crippen LogP contribution in [0.15, 0.2) is 17.6 Å². The van der Waals surface area contributed by atoms with Gasteiger partial charge in [0.25, 0.3) is 0 Å². The second-order valence-electron chi connectivity index (χ2n) is 1.62. The van der Waals surface area contributed by atoms with Gasteiger partial charge in [-0.2, -0.15) is 26.3 Å². The molecule has 0 unspecified atom stereocenters. The van der Waals surface area contributed by atoms with Gasteiger partial charge in [-0.25, -0.2) is 4.39 Å². The Morgan fingerprint density at radius 3 is 1.33 bits per heavy atom. The van der Waals surface area contributed by atoms with Crippen LogP contribution >= 0.6 is 0 Å². The van der Waals surface area contributed by atoms with Gasteiger partial charge >= 0.3 is 12.4 Å². The molecular formula is C5HF7. The van der Waals surface area contributed by atoms with Gasteiger partial charge in [0.05, 0.1) is 0 Å². The van der Waals surface area contributed by atoms with Crippen molar-refractivity contribution >= 4 is 0 Å². The smallest absolute Gasteiger partial charge is 0.206 e. The third-order valence-electron chi connectivity index (χ3n) is 0.766. The van der Waals surface area contributed by atoms with Crippen molar-refractivity contribution in [3.05, 3.63) is 17.6 Å². The quantitative estimate of drug-likeness (QED) is 0.410. The van der Waals surface area contributed by atoms with Gasteiger partial charge in [0.15, 0.2) is 5.57 Å². The van der Waals surface area contributed by atoms with Crippen LogP contribution in [0, 0.1) is 0 Å². The van der Waals surface area contributed by atoms with Gasteiger partial charge in [0, 0.05) is 0 Å². The number of allylic oxidation sites excluding steroid dienone is 1. The minimum absolute atomic E-state index is 0.438. The summed E-state index contributed by atoms with van der Waals surface area (Å²) in [6.45, 7) is 0. The van der Waals surface area contributed by atoms with E-state index in [1.54, 1.807) is 0 Å². The van der Waals surface area contributed by atoms with Gasteiger partial charge in [-0.3, -0.25) is 0 Å². The zero-order chi connectivity index (χ0) is 9.99. The highest BCUT2D eigenvalue weighted by molar-refractivity contribution is 5.13. The molecule has 0 atom stereocenters. The largest absolute Gasteiger partial charge is 0.428 e. The zero-order valence-electron chi connectivity index (χ0n) is 5.22. The Bertz CT molecular complexity index is 195. The van der Waals surface area contributed by atoms with Crippen molar-refractivity contribution in [1.82, 2.24) is 0 Å². The summed E-state index contributed by atoms with van der Waals surface area (Å²) in [6.07, 6.45) is -12.2. The van der Waals surface area contributed by atoms with E-state index >= 15 is 0 Å². The lowest BCUT2D eigenvalue weighted by Gasteiger charge is -2.11. The Labute approximate surface area is 62.0 Å². The van der Waals surface area contributed by atoms with Crippen LogP contribution in [0.2, 0.25) is 0 Å². The molecule has 0 bridgehead atoms. The summed E-state index contributed by atoms with van der Waals surface area (Å²) in [5.74, 6) is 0. The van der Waals surface area contributed by atoms with E-state index in [1.165, 1.54) is 0 Å². The second kappa shape index (κ2) is 3.18. The highest BCUT2D eigenvalue weighted by Crippen LogP contribution is 2.37. The van der Waals surface area contributed by atoms with Crippen LogP contribution in [-0.4, -0.2) is 12.4 Å². The van der Waals surface area contributed by atoms with Gasteiger partial charge < -0.3 is 0 Å². The van der Waals surface area contributed by atoms with Crippen LogP contribution in [0.25, 0.3) is 0 Å². The molecule has 0 amide bonds. The fourth-order valence-corrected chi connectivity index (χ4v) is 0.379. The molecular weight excluding hydrogens is 193 g/mol. The van der Waals surface area contributed by atoms with Gasteiger partial charge in [0.2, 0.25) is 0 Å². The first kappa shape index (κ1) is 11.0. The van der Waals surface area contributed by atoms with E-state index in [2.05, 4.69) is 0 Å². The van der Waals surface area contributed by atoms with E-state index < -0.39 is 24.3 Å². The molecule has 0 saturated carbocycles. The minimum Gasteiger partial charge on any atom is -0.206 e. The molecule has 0 aromatic heterocycles. The van der Waals surface area contributed by atoms with Crippen LogP contribution in [0.5, 0.6) is 0 Å². The molecule has 0 aromatic rings. The number of halogens is 7. The summed E-state index contributed by atoms with van der Waals surface area (Å²) in [7, 11) is 0. The maximum Gasteiger partial charge on any atom is 0.428 e. The molecule has 0 aliphatic rings. The predicted molar refractivity (Wildman–Crippen MR) is 24.8 cm³/mol. The molecule has 0 spiro atoms. The summed E-state index contributed by atoms with van der Waals surface area (Å²) < 4.78 is 79.4. The standard InChI is InChI=1S/C5HF7/c6-2-1-3(4(7,8)9)5(10,11)12/h2H. The Morgan fingerprint density at radius 1 is 0.917 bits per heavy atom. The van der Waals surface area contributed by atoms with Crippen LogP contribution < -0.4 is 0 Å². The molecule has 0 fully saturated rings. The molecule has 0 aliphatic carbocycles. The molecule has 0 radical (unpaired) electrons. The second-order valence-corrected chi connectivity index (χ2v) is 1.62. The number of alkyl halides is 6. The first-order valence-electron chi connectivity index (χ1n) is 2.39. The van der Waals surface area contributed by atoms with Crippen LogP contribution in [0.3, 0.4) is 0 Å². The van der Waals surface area contributed by atoms with Crippen molar-refractivity contribution in [1.29, 1.82) is 0 Å². The van der Waals surface area contributed by atoms with Crippen molar-refractivity contribution in [2.75, 3.05) is 0 Å². The van der Waals surface area contributed by atoms with Crippen molar-refractivity contribution in [2.24, 2.45) is 0 Å². The molecule has 70 valence electrons. The highest BCUT2D eigenvalue weighted by Gasteiger charge is 2.51. The van der Waals surface area contributed by atoms with E-state index in [0.29, 0.717) is 5.73 Å². The van der Waals surface area contributed by atoms with E-state index in [4.69, 9.17) is 0 Å². The molecule has 0 N–H and O–H groups in total. The predicted octanol–water partition coefficient (Wildman–Crippen LogP) is 3.12. The normalized spacial score (nSPS) is 12.2. The maximum atomic E-state index is 11.4. The summed E-state index contributed by atoms with van der Waals surface area (Å²) >= 11 is 0. The van der Waals surface area contributed by atoms with Crippen molar-refractivity contribution in [3.8, 4) is 0 Å². The highest BCUT2D eigenvalue weighted by atomic mass is 19.4. The molecule has 0 rings (SSSR count). The fourth-order valence-electron chi connectivity index (χ4n) is 0.379. The van der Waals surface area contributed by atoms with Gasteiger partial charge in [0.1, 0.15) is 6.33 Å². The Balaban J connectivity index is 5.12. The molecule has 7 heteroatoms. The lowest BCUT2D eigenvalue weighted by atomic mass is 10.3. The number of hydrogen-bond acceptors (Lipinski definition) is 0. The van der Waals surface area contributed by atoms with Crippen molar-refractivity contribution in [2.45, 2.75) is 12.4 Å². The first-order valence-corrected chi connectivity index (χ1v) is 2.39. The number of rotatable bonds is 0. The molecule has 0 nitrogen and oxygen atoms in total. The third kappa shape index (κ3) is 2.96. The first-order chi connectivity index (χ1) is 5.19. The monoisotopic (exact) mass is 194 g/mol. The van der Waals surface area contributed by atoms with E-state index in [0.717, 1.165) is 0 Å². The summed E-state index contributed by atoms with van der Waals surface area (Å²) in [5.41, 5.74) is -2.55. The average Bonchev–Trinajstić information content (AvgIpc) is 1.77. The Hall–Kier alpha value is -0.970. The SMILES string of the molecule is FC=C=C(C(F)(F)F)C(F)(F)F. The molecule has 0 aromatic carbocycles. The summed E-state index contributed by atoms with van der Waals surface area (Å²) in [4.78, 5) is 0. The minimum atomic E-state index is -5.64. The summed E-state index contributed by atoms with van der Waals surface area (Å²) in [6, 6.07) is 0. The maximum absolute atomic E-state index is 11.4. The van der Waals surface area contributed by atoms with Crippen LogP contribution in [0.4, 0.5) is 30.7 Å². The van der Waals surface area contributed by atoms with Gasteiger partial charge in [-0.1, -0.05) is 5.73 Å². The topological polar surface area (TPSA) is 0 Å². The van der Waals surface area contributed by atoms with Gasteiger partial charge in [-0.05, 0) is 0 Å². The molecule has 0 aliphatic heterocycles. The third-order valence-corrected chi connectivity index (χ3v) is 0.766. The molecule has 0 saturated heterocycles.